The first-order chi connectivity index (χ1) is 17.5. The maximum atomic E-state index is 13.7. The maximum absolute atomic E-state index is 13.7. The smallest absolute Gasteiger partial charge is 0.338 e. The number of aromatic carboxylic acids is 1. The number of aryl methyl sites for hydroxylation is 1. The molecule has 36 heavy (non-hydrogen) atoms. The molecule has 2 aliphatic heterocycles. The molecule has 2 aliphatic rings. The van der Waals surface area contributed by atoms with Gasteiger partial charge in [-0.25, -0.2) is 4.79 Å². The molecule has 0 unspecified atom stereocenters. The Balaban J connectivity index is 1.43. The number of fused-ring (bicyclic) bond motifs is 1. The van der Waals surface area contributed by atoms with E-state index >= 15 is 0 Å². The fraction of sp³-hybridized carbons (Fsp3) is 0.429. The van der Waals surface area contributed by atoms with Crippen LogP contribution in [0, 0.1) is 6.92 Å². The second-order valence-corrected chi connectivity index (χ2v) is 9.67. The first-order valence-corrected chi connectivity index (χ1v) is 12.7. The number of hydrogen-bond acceptors (Lipinski definition) is 6. The van der Waals surface area contributed by atoms with Gasteiger partial charge in [0, 0.05) is 69.7 Å². The lowest BCUT2D eigenvalue weighted by atomic mass is 10.0. The summed E-state index contributed by atoms with van der Waals surface area (Å²) >= 11 is 0. The minimum Gasteiger partial charge on any atom is -0.478 e. The molecule has 190 valence electrons. The van der Waals surface area contributed by atoms with E-state index in [0.717, 1.165) is 76.8 Å². The third-order valence-corrected chi connectivity index (χ3v) is 7.43. The van der Waals surface area contributed by atoms with Crippen molar-refractivity contribution in [3.63, 3.8) is 0 Å². The number of nitrogens with zero attached hydrogens (tertiary/aromatic N) is 4. The van der Waals surface area contributed by atoms with Gasteiger partial charge in [-0.3, -0.25) is 24.1 Å². The zero-order valence-electron chi connectivity index (χ0n) is 20.9. The average Bonchev–Trinajstić information content (AvgIpc) is 2.90. The van der Waals surface area contributed by atoms with Gasteiger partial charge in [-0.15, -0.1) is 0 Å². The summed E-state index contributed by atoms with van der Waals surface area (Å²) in [6.45, 7) is 11.6. The van der Waals surface area contributed by atoms with Crippen LogP contribution in [-0.2, 0) is 11.3 Å². The zero-order valence-corrected chi connectivity index (χ0v) is 20.9. The van der Waals surface area contributed by atoms with Crippen molar-refractivity contribution in [2.75, 3.05) is 65.6 Å². The molecule has 3 heterocycles. The van der Waals surface area contributed by atoms with E-state index in [2.05, 4.69) is 14.7 Å². The van der Waals surface area contributed by atoms with Gasteiger partial charge >= 0.3 is 5.97 Å². The lowest BCUT2D eigenvalue weighted by Gasteiger charge is -2.37. The van der Waals surface area contributed by atoms with Crippen LogP contribution >= 0.6 is 0 Å². The minimum absolute atomic E-state index is 0.177. The Bertz CT molecular complexity index is 1290. The van der Waals surface area contributed by atoms with Crippen molar-refractivity contribution in [2.24, 2.45) is 0 Å². The molecule has 0 amide bonds. The number of carboxylic acids is 1. The van der Waals surface area contributed by atoms with E-state index in [1.54, 1.807) is 28.8 Å². The van der Waals surface area contributed by atoms with Gasteiger partial charge < -0.3 is 9.84 Å². The highest BCUT2D eigenvalue weighted by Gasteiger charge is 2.26. The monoisotopic (exact) mass is 490 g/mol. The molecular weight excluding hydrogens is 456 g/mol. The second kappa shape index (κ2) is 10.9. The summed E-state index contributed by atoms with van der Waals surface area (Å²) in [5, 5.41) is 11.2. The molecule has 3 aromatic rings. The van der Waals surface area contributed by atoms with Gasteiger partial charge in [0.25, 0.3) is 5.56 Å². The lowest BCUT2D eigenvalue weighted by Crippen LogP contribution is -2.49. The Morgan fingerprint density at radius 2 is 1.42 bits per heavy atom. The Kier molecular flexibility index (Phi) is 7.48. The first-order valence-electron chi connectivity index (χ1n) is 12.7. The Morgan fingerprint density at radius 1 is 0.833 bits per heavy atom. The van der Waals surface area contributed by atoms with Crippen molar-refractivity contribution >= 4 is 16.7 Å². The first kappa shape index (κ1) is 24.6. The van der Waals surface area contributed by atoms with Crippen LogP contribution in [0.2, 0.25) is 0 Å². The maximum Gasteiger partial charge on any atom is 0.338 e. The van der Waals surface area contributed by atoms with Crippen molar-refractivity contribution in [3.8, 4) is 5.69 Å². The topological polar surface area (TPSA) is 78.2 Å². The van der Waals surface area contributed by atoms with Crippen LogP contribution in [0.1, 0.15) is 21.6 Å². The number of pyridine rings is 1. The third kappa shape index (κ3) is 5.08. The van der Waals surface area contributed by atoms with Gasteiger partial charge in [-0.1, -0.05) is 36.4 Å². The normalized spacial score (nSPS) is 18.0. The summed E-state index contributed by atoms with van der Waals surface area (Å²) < 4.78 is 7.08. The number of carbonyl (C=O) groups is 1. The van der Waals surface area contributed by atoms with Crippen LogP contribution in [0.4, 0.5) is 0 Å². The highest BCUT2D eigenvalue weighted by atomic mass is 16.5. The average molecular weight is 491 g/mol. The van der Waals surface area contributed by atoms with Crippen molar-refractivity contribution in [3.05, 3.63) is 75.7 Å². The summed E-state index contributed by atoms with van der Waals surface area (Å²) in [4.78, 5) is 33.5. The number of morpholine rings is 1. The SMILES string of the molecule is Cc1ccccc1-n1c(CN2CCN(CCN3CCOCC3)CC2)c(C(=O)O)c2ccccc2c1=O. The van der Waals surface area contributed by atoms with Crippen LogP contribution in [0.5, 0.6) is 0 Å². The standard InChI is InChI=1S/C28H34N4O4/c1-21-6-2-5-9-24(21)32-25(26(28(34)35)22-7-3-4-8-23(22)27(32)33)20-31-14-12-29(13-15-31)10-11-30-16-18-36-19-17-30/h2-9H,10-20H2,1H3,(H,34,35). The molecule has 1 N–H and O–H groups in total. The molecule has 0 saturated carbocycles. The summed E-state index contributed by atoms with van der Waals surface area (Å²) in [7, 11) is 0. The molecule has 1 aromatic heterocycles. The fourth-order valence-corrected chi connectivity index (χ4v) is 5.35. The number of rotatable bonds is 7. The van der Waals surface area contributed by atoms with E-state index in [9.17, 15) is 14.7 Å². The van der Waals surface area contributed by atoms with Crippen LogP contribution in [0.15, 0.2) is 53.3 Å². The van der Waals surface area contributed by atoms with Gasteiger partial charge in [0.1, 0.15) is 0 Å². The fourth-order valence-electron chi connectivity index (χ4n) is 5.35. The molecule has 5 rings (SSSR count). The van der Waals surface area contributed by atoms with Crippen LogP contribution in [-0.4, -0.2) is 95.9 Å². The number of aromatic nitrogens is 1. The summed E-state index contributed by atoms with van der Waals surface area (Å²) in [6.07, 6.45) is 0. The number of benzene rings is 2. The molecule has 2 fully saturated rings. The van der Waals surface area contributed by atoms with Gasteiger partial charge in [0.15, 0.2) is 0 Å². The van der Waals surface area contributed by atoms with Crippen LogP contribution in [0.3, 0.4) is 0 Å². The van der Waals surface area contributed by atoms with Gasteiger partial charge in [-0.05, 0) is 24.6 Å². The van der Waals surface area contributed by atoms with E-state index in [0.29, 0.717) is 23.0 Å². The Hall–Kier alpha value is -3.04. The van der Waals surface area contributed by atoms with Crippen molar-refractivity contribution in [1.29, 1.82) is 0 Å². The molecule has 2 saturated heterocycles. The molecule has 0 bridgehead atoms. The molecule has 8 heteroatoms. The lowest BCUT2D eigenvalue weighted by molar-refractivity contribution is 0.0296. The number of piperazine rings is 1. The molecule has 0 radical (unpaired) electrons. The quantitative estimate of drug-likeness (QED) is 0.545. The van der Waals surface area contributed by atoms with Crippen molar-refractivity contribution < 1.29 is 14.6 Å². The Morgan fingerprint density at radius 3 is 2.08 bits per heavy atom. The van der Waals surface area contributed by atoms with E-state index in [1.807, 2.05) is 31.2 Å². The van der Waals surface area contributed by atoms with E-state index in [-0.39, 0.29) is 11.1 Å². The molecule has 0 aliphatic carbocycles. The highest BCUT2D eigenvalue weighted by Crippen LogP contribution is 2.25. The van der Waals surface area contributed by atoms with Gasteiger partial charge in [0.05, 0.1) is 30.2 Å². The summed E-state index contributed by atoms with van der Waals surface area (Å²) in [6, 6.07) is 14.7. The predicted molar refractivity (Wildman–Crippen MR) is 140 cm³/mol. The molecule has 8 nitrogen and oxygen atoms in total. The van der Waals surface area contributed by atoms with Gasteiger partial charge in [0.2, 0.25) is 0 Å². The number of para-hydroxylation sites is 1. The van der Waals surface area contributed by atoms with Gasteiger partial charge in [-0.2, -0.15) is 0 Å². The number of hydrogen-bond donors (Lipinski definition) is 1. The summed E-state index contributed by atoms with van der Waals surface area (Å²) in [5.74, 6) is -1.01. The zero-order chi connectivity index (χ0) is 25.1. The minimum atomic E-state index is -1.01. The molecule has 2 aromatic carbocycles. The Labute approximate surface area is 211 Å². The van der Waals surface area contributed by atoms with Crippen LogP contribution < -0.4 is 5.56 Å². The van der Waals surface area contributed by atoms with E-state index in [1.165, 1.54) is 0 Å². The number of ether oxygens (including phenoxy) is 1. The van der Waals surface area contributed by atoms with Crippen molar-refractivity contribution in [2.45, 2.75) is 13.5 Å². The van der Waals surface area contributed by atoms with E-state index in [4.69, 9.17) is 4.74 Å². The highest BCUT2D eigenvalue weighted by molar-refractivity contribution is 6.04. The predicted octanol–water partition coefficient (Wildman–Crippen LogP) is 2.45. The summed E-state index contributed by atoms with van der Waals surface area (Å²) in [5.41, 5.74) is 2.24. The second-order valence-electron chi connectivity index (χ2n) is 9.67. The molecule has 0 spiro atoms. The number of carboxylic acid groups (broad SMARTS) is 1. The molecular formula is C28H34N4O4. The largest absolute Gasteiger partial charge is 0.478 e. The van der Waals surface area contributed by atoms with Crippen LogP contribution in [0.25, 0.3) is 16.5 Å². The third-order valence-electron chi connectivity index (χ3n) is 7.43. The van der Waals surface area contributed by atoms with E-state index < -0.39 is 5.97 Å². The molecule has 0 atom stereocenters. The van der Waals surface area contributed by atoms with Crippen molar-refractivity contribution in [1.82, 2.24) is 19.3 Å².